The number of alkyl halides is 3. The number of hydrogen-bond acceptors (Lipinski definition) is 5. The first-order valence-corrected chi connectivity index (χ1v) is 10.1. The molecule has 2 aromatic heterocycles. The van der Waals surface area contributed by atoms with Crippen molar-refractivity contribution in [1.29, 1.82) is 0 Å². The van der Waals surface area contributed by atoms with E-state index in [9.17, 15) is 18.0 Å². The number of anilines is 2. The van der Waals surface area contributed by atoms with Crippen LogP contribution in [0.4, 0.5) is 24.7 Å². The number of piperidine rings is 1. The number of aromatic nitrogens is 3. The van der Waals surface area contributed by atoms with Gasteiger partial charge in [-0.2, -0.15) is 13.2 Å². The summed E-state index contributed by atoms with van der Waals surface area (Å²) in [5.74, 6) is 0.557. The number of halogens is 3. The third-order valence-electron chi connectivity index (χ3n) is 5.50. The minimum absolute atomic E-state index is 0.0744. The summed E-state index contributed by atoms with van der Waals surface area (Å²) in [6.45, 7) is 2.72. The Balaban J connectivity index is 1.37. The highest BCUT2D eigenvalue weighted by Gasteiger charge is 2.33. The number of aromatic amines is 1. The highest BCUT2D eigenvalue weighted by atomic mass is 19.4. The van der Waals surface area contributed by atoms with Crippen LogP contribution in [0.1, 0.15) is 24.0 Å². The molecule has 3 aromatic rings. The minimum atomic E-state index is -4.43. The lowest BCUT2D eigenvalue weighted by Crippen LogP contribution is -2.49. The largest absolute Gasteiger partial charge is 0.416 e. The summed E-state index contributed by atoms with van der Waals surface area (Å²) < 4.78 is 39.2. The van der Waals surface area contributed by atoms with Gasteiger partial charge in [0, 0.05) is 31.0 Å². The maximum Gasteiger partial charge on any atom is 0.416 e. The predicted molar refractivity (Wildman–Crippen MR) is 112 cm³/mol. The van der Waals surface area contributed by atoms with Crippen LogP contribution in [0.25, 0.3) is 11.0 Å². The van der Waals surface area contributed by atoms with Gasteiger partial charge in [-0.25, -0.2) is 9.97 Å². The number of nitrogens with one attached hydrogen (secondary N) is 3. The normalized spacial score (nSPS) is 17.0. The number of hydrogen-bond donors (Lipinski definition) is 3. The van der Waals surface area contributed by atoms with Crippen LogP contribution in [0, 0.1) is 6.92 Å². The van der Waals surface area contributed by atoms with Crippen molar-refractivity contribution in [2.24, 2.45) is 0 Å². The fourth-order valence-electron chi connectivity index (χ4n) is 3.99. The molecule has 0 saturated carbocycles. The monoisotopic (exact) mass is 432 g/mol. The molecule has 0 aliphatic carbocycles. The Hall–Kier alpha value is -3.30. The van der Waals surface area contributed by atoms with Gasteiger partial charge in [-0.1, -0.05) is 6.07 Å². The molecule has 7 nitrogen and oxygen atoms in total. The third kappa shape index (κ3) is 4.57. The van der Waals surface area contributed by atoms with Crippen molar-refractivity contribution in [2.45, 2.75) is 32.0 Å². The van der Waals surface area contributed by atoms with Crippen LogP contribution < -0.4 is 15.5 Å². The van der Waals surface area contributed by atoms with E-state index in [1.54, 1.807) is 0 Å². The van der Waals surface area contributed by atoms with Crippen LogP contribution in [0.2, 0.25) is 0 Å². The van der Waals surface area contributed by atoms with E-state index in [4.69, 9.17) is 0 Å². The molecule has 1 aliphatic rings. The van der Waals surface area contributed by atoms with Crippen LogP contribution >= 0.6 is 0 Å². The smallest absolute Gasteiger partial charge is 0.376 e. The molecular weight excluding hydrogens is 409 g/mol. The van der Waals surface area contributed by atoms with Crippen molar-refractivity contribution in [3.63, 3.8) is 0 Å². The second-order valence-electron chi connectivity index (χ2n) is 7.62. The lowest BCUT2D eigenvalue weighted by molar-refractivity contribution is -0.138. The summed E-state index contributed by atoms with van der Waals surface area (Å²) in [6, 6.07) is 5.75. The Labute approximate surface area is 177 Å². The molecule has 164 valence electrons. The molecule has 1 fully saturated rings. The maximum absolute atomic E-state index is 13.1. The fourth-order valence-corrected chi connectivity index (χ4v) is 3.99. The molecule has 4 rings (SSSR count). The van der Waals surface area contributed by atoms with Gasteiger partial charge in [0.2, 0.25) is 5.91 Å². The van der Waals surface area contributed by atoms with Crippen LogP contribution in [-0.4, -0.2) is 46.5 Å². The van der Waals surface area contributed by atoms with Crippen LogP contribution in [-0.2, 0) is 11.0 Å². The van der Waals surface area contributed by atoms with E-state index in [2.05, 4.69) is 30.5 Å². The van der Waals surface area contributed by atoms with Gasteiger partial charge in [-0.05, 0) is 43.5 Å². The van der Waals surface area contributed by atoms with E-state index >= 15 is 0 Å². The summed E-state index contributed by atoms with van der Waals surface area (Å²) >= 11 is 0. The Kier molecular flexibility index (Phi) is 5.71. The van der Waals surface area contributed by atoms with Gasteiger partial charge in [0.25, 0.3) is 0 Å². The number of fused-ring (bicyclic) bond motifs is 1. The SMILES string of the molecule is Cc1c(NCC(=O)NC2CCCN(c3ncnc4[nH]ccc34)C2)cccc1C(F)(F)F. The number of amides is 1. The summed E-state index contributed by atoms with van der Waals surface area (Å²) in [6.07, 6.45) is 0.611. The number of rotatable bonds is 5. The van der Waals surface area contributed by atoms with Crippen molar-refractivity contribution < 1.29 is 18.0 Å². The zero-order valence-electron chi connectivity index (χ0n) is 17.0. The average molecular weight is 432 g/mol. The Morgan fingerprint density at radius 3 is 2.94 bits per heavy atom. The van der Waals surface area contributed by atoms with Gasteiger partial charge in [0.15, 0.2) is 0 Å². The van der Waals surface area contributed by atoms with Crippen LogP contribution in [0.15, 0.2) is 36.8 Å². The summed E-state index contributed by atoms with van der Waals surface area (Å²) in [7, 11) is 0. The number of carbonyl (C=O) groups is 1. The highest BCUT2D eigenvalue weighted by molar-refractivity contribution is 5.87. The molecule has 10 heteroatoms. The van der Waals surface area contributed by atoms with Gasteiger partial charge in [0.05, 0.1) is 17.5 Å². The number of H-pyrrole nitrogens is 1. The Morgan fingerprint density at radius 2 is 2.13 bits per heavy atom. The highest BCUT2D eigenvalue weighted by Crippen LogP contribution is 2.34. The van der Waals surface area contributed by atoms with Gasteiger partial charge in [-0.15, -0.1) is 0 Å². The standard InChI is InChI=1S/C21H23F3N6O/c1-13-16(21(22,23)24)5-2-6-17(13)26-10-18(31)29-14-4-3-9-30(11-14)20-15-7-8-25-19(15)27-12-28-20/h2,5-8,12,14,26H,3-4,9-11H2,1H3,(H,29,31)(H,25,27,28). The number of benzene rings is 1. The van der Waals surface area contributed by atoms with Gasteiger partial charge in [0.1, 0.15) is 17.8 Å². The van der Waals surface area contributed by atoms with Crippen molar-refractivity contribution in [3.8, 4) is 0 Å². The van der Waals surface area contributed by atoms with E-state index < -0.39 is 11.7 Å². The zero-order valence-corrected chi connectivity index (χ0v) is 17.0. The molecule has 1 amide bonds. The Bertz CT molecular complexity index is 1080. The second kappa shape index (κ2) is 8.44. The van der Waals surface area contributed by atoms with Gasteiger partial charge in [-0.3, -0.25) is 4.79 Å². The van der Waals surface area contributed by atoms with Gasteiger partial charge < -0.3 is 20.5 Å². The topological polar surface area (TPSA) is 85.9 Å². The third-order valence-corrected chi connectivity index (χ3v) is 5.50. The van der Waals surface area contributed by atoms with Crippen LogP contribution in [0.5, 0.6) is 0 Å². The lowest BCUT2D eigenvalue weighted by Gasteiger charge is -2.34. The first-order valence-electron chi connectivity index (χ1n) is 10.1. The lowest BCUT2D eigenvalue weighted by atomic mass is 10.1. The quantitative estimate of drug-likeness (QED) is 0.575. The first kappa shape index (κ1) is 21.0. The molecule has 3 N–H and O–H groups in total. The summed E-state index contributed by atoms with van der Waals surface area (Å²) in [4.78, 5) is 26.2. The van der Waals surface area contributed by atoms with Crippen molar-refractivity contribution in [3.05, 3.63) is 47.9 Å². The predicted octanol–water partition coefficient (Wildman–Crippen LogP) is 3.48. The van der Waals surface area contributed by atoms with Crippen LogP contribution in [0.3, 0.4) is 0 Å². The molecule has 1 aliphatic heterocycles. The maximum atomic E-state index is 13.1. The molecular formula is C21H23F3N6O. The van der Waals surface area contributed by atoms with Gasteiger partial charge >= 0.3 is 6.18 Å². The fraction of sp³-hybridized carbons (Fsp3) is 0.381. The van der Waals surface area contributed by atoms with Crippen molar-refractivity contribution in [1.82, 2.24) is 20.3 Å². The molecule has 31 heavy (non-hydrogen) atoms. The first-order chi connectivity index (χ1) is 14.8. The van der Waals surface area contributed by atoms with E-state index in [0.29, 0.717) is 12.2 Å². The molecule has 1 aromatic carbocycles. The molecule has 0 radical (unpaired) electrons. The molecule has 3 heterocycles. The summed E-state index contributed by atoms with van der Waals surface area (Å²) in [5, 5.41) is 6.73. The van der Waals surface area contributed by atoms with Crippen molar-refractivity contribution in [2.75, 3.05) is 29.9 Å². The zero-order chi connectivity index (χ0) is 22.0. The average Bonchev–Trinajstić information content (AvgIpc) is 3.21. The molecule has 1 saturated heterocycles. The summed E-state index contributed by atoms with van der Waals surface area (Å²) in [5.41, 5.74) is 0.426. The van der Waals surface area contributed by atoms with E-state index in [1.807, 2.05) is 12.3 Å². The molecule has 0 spiro atoms. The molecule has 1 atom stereocenters. The van der Waals surface area contributed by atoms with E-state index in [0.717, 1.165) is 42.3 Å². The van der Waals surface area contributed by atoms with E-state index in [1.165, 1.54) is 25.4 Å². The molecule has 1 unspecified atom stereocenters. The minimum Gasteiger partial charge on any atom is -0.376 e. The second-order valence-corrected chi connectivity index (χ2v) is 7.62. The molecule has 0 bridgehead atoms. The Morgan fingerprint density at radius 1 is 1.29 bits per heavy atom. The van der Waals surface area contributed by atoms with E-state index in [-0.39, 0.29) is 24.1 Å². The number of carbonyl (C=O) groups excluding carboxylic acids is 1. The van der Waals surface area contributed by atoms with Crippen molar-refractivity contribution >= 4 is 28.4 Å². The number of nitrogens with zero attached hydrogens (tertiary/aromatic N) is 3.